The normalized spacial score (nSPS) is 18.8. The summed E-state index contributed by atoms with van der Waals surface area (Å²) in [6.07, 6.45) is 1.02. The molecule has 164 valence electrons. The molecule has 1 aliphatic heterocycles. The standard InChI is InChI=1S/C20H26FN3O6/c1-3-26-8-9-27-20-24-23-19(30-20)17-7-5-14(11-29-17)22-18(25)12-28-15-6-4-13(2)16(21)10-15/h4,6,10,14,17H,3,5,7-9,11-12H2,1-2H3,(H,22,25)/t14-,17+/m0/s1. The minimum absolute atomic E-state index is 0.0772. The van der Waals surface area contributed by atoms with Gasteiger partial charge in [-0.2, -0.15) is 0 Å². The molecule has 9 nitrogen and oxygen atoms in total. The highest BCUT2D eigenvalue weighted by molar-refractivity contribution is 5.77. The summed E-state index contributed by atoms with van der Waals surface area (Å²) < 4.78 is 40.6. The van der Waals surface area contributed by atoms with Crippen molar-refractivity contribution in [3.8, 4) is 11.8 Å². The second-order valence-electron chi connectivity index (χ2n) is 6.82. The Morgan fingerprint density at radius 3 is 2.87 bits per heavy atom. The van der Waals surface area contributed by atoms with Crippen LogP contribution in [0.25, 0.3) is 0 Å². The molecule has 10 heteroatoms. The number of carbonyl (C=O) groups is 1. The van der Waals surface area contributed by atoms with Crippen LogP contribution in [0.15, 0.2) is 22.6 Å². The van der Waals surface area contributed by atoms with Crippen molar-refractivity contribution < 1.29 is 32.5 Å². The topological polar surface area (TPSA) is 105 Å². The van der Waals surface area contributed by atoms with Crippen molar-refractivity contribution in [3.63, 3.8) is 0 Å². The van der Waals surface area contributed by atoms with Crippen LogP contribution in [-0.4, -0.2) is 55.2 Å². The van der Waals surface area contributed by atoms with Crippen molar-refractivity contribution >= 4 is 5.91 Å². The molecule has 2 atom stereocenters. The van der Waals surface area contributed by atoms with E-state index in [1.54, 1.807) is 19.1 Å². The van der Waals surface area contributed by atoms with Crippen LogP contribution in [0.3, 0.4) is 0 Å². The number of carbonyl (C=O) groups excluding carboxylic acids is 1. The molecule has 0 radical (unpaired) electrons. The largest absolute Gasteiger partial charge is 0.484 e. The summed E-state index contributed by atoms with van der Waals surface area (Å²) in [7, 11) is 0. The Hall–Kier alpha value is -2.72. The number of benzene rings is 1. The molecular weight excluding hydrogens is 397 g/mol. The zero-order valence-electron chi connectivity index (χ0n) is 17.1. The van der Waals surface area contributed by atoms with Gasteiger partial charge in [0.1, 0.15) is 24.3 Å². The molecular formula is C20H26FN3O6. The highest BCUT2D eigenvalue weighted by Gasteiger charge is 2.28. The molecule has 1 aromatic carbocycles. The fourth-order valence-electron chi connectivity index (χ4n) is 2.88. The third-order valence-corrected chi connectivity index (χ3v) is 4.51. The maximum atomic E-state index is 13.5. The van der Waals surface area contributed by atoms with E-state index in [2.05, 4.69) is 15.5 Å². The predicted molar refractivity (Wildman–Crippen MR) is 103 cm³/mol. The van der Waals surface area contributed by atoms with Gasteiger partial charge < -0.3 is 28.7 Å². The first kappa shape index (κ1) is 22.0. The number of nitrogens with one attached hydrogen (secondary N) is 1. The van der Waals surface area contributed by atoms with Crippen molar-refractivity contribution in [3.05, 3.63) is 35.5 Å². The van der Waals surface area contributed by atoms with E-state index in [1.807, 2.05) is 6.92 Å². The van der Waals surface area contributed by atoms with E-state index in [0.29, 0.717) is 56.5 Å². The average molecular weight is 423 g/mol. The zero-order valence-corrected chi connectivity index (χ0v) is 17.1. The Balaban J connectivity index is 1.37. The van der Waals surface area contributed by atoms with Crippen LogP contribution >= 0.6 is 0 Å². The first-order valence-electron chi connectivity index (χ1n) is 9.89. The number of rotatable bonds is 10. The summed E-state index contributed by atoms with van der Waals surface area (Å²) >= 11 is 0. The smallest absolute Gasteiger partial charge is 0.414 e. The molecule has 0 spiro atoms. The lowest BCUT2D eigenvalue weighted by atomic mass is 10.1. The van der Waals surface area contributed by atoms with Gasteiger partial charge in [-0.1, -0.05) is 11.2 Å². The van der Waals surface area contributed by atoms with Gasteiger partial charge in [-0.15, -0.1) is 5.10 Å². The van der Waals surface area contributed by atoms with Gasteiger partial charge in [0.15, 0.2) is 6.61 Å². The molecule has 1 N–H and O–H groups in total. The maximum absolute atomic E-state index is 13.5. The lowest BCUT2D eigenvalue weighted by Crippen LogP contribution is -2.43. The summed E-state index contributed by atoms with van der Waals surface area (Å²) in [6, 6.07) is 4.33. The average Bonchev–Trinajstić information content (AvgIpc) is 3.21. The van der Waals surface area contributed by atoms with Crippen LogP contribution in [0.5, 0.6) is 11.8 Å². The van der Waals surface area contributed by atoms with Crippen LogP contribution < -0.4 is 14.8 Å². The quantitative estimate of drug-likeness (QED) is 0.581. The monoisotopic (exact) mass is 423 g/mol. The molecule has 1 aliphatic rings. The second kappa shape index (κ2) is 10.9. The molecule has 1 saturated heterocycles. The summed E-state index contributed by atoms with van der Waals surface area (Å²) in [5, 5.41) is 10.6. The SMILES string of the molecule is CCOCCOc1nnc([C@H]2CC[C@H](NC(=O)COc3ccc(C)c(F)c3)CO2)o1. The number of nitrogens with zero attached hydrogens (tertiary/aromatic N) is 2. The fraction of sp³-hybridized carbons (Fsp3) is 0.550. The van der Waals surface area contributed by atoms with E-state index in [0.717, 1.165) is 0 Å². The zero-order chi connectivity index (χ0) is 21.3. The van der Waals surface area contributed by atoms with Gasteiger partial charge in [0.05, 0.1) is 19.3 Å². The van der Waals surface area contributed by atoms with Gasteiger partial charge in [-0.3, -0.25) is 4.79 Å². The minimum Gasteiger partial charge on any atom is -0.484 e. The van der Waals surface area contributed by atoms with Crippen molar-refractivity contribution in [2.45, 2.75) is 38.8 Å². The first-order chi connectivity index (χ1) is 14.5. The minimum atomic E-state index is -0.372. The van der Waals surface area contributed by atoms with Gasteiger partial charge in [0, 0.05) is 12.7 Å². The Morgan fingerprint density at radius 2 is 2.13 bits per heavy atom. The molecule has 2 heterocycles. The molecule has 2 aromatic rings. The van der Waals surface area contributed by atoms with E-state index in [-0.39, 0.29) is 36.6 Å². The fourth-order valence-corrected chi connectivity index (χ4v) is 2.88. The Bertz CT molecular complexity index is 823. The predicted octanol–water partition coefficient (Wildman–Crippen LogP) is 2.35. The number of ether oxygens (including phenoxy) is 4. The van der Waals surface area contributed by atoms with Crippen molar-refractivity contribution in [1.29, 1.82) is 0 Å². The van der Waals surface area contributed by atoms with E-state index >= 15 is 0 Å². The third-order valence-electron chi connectivity index (χ3n) is 4.51. The van der Waals surface area contributed by atoms with Crippen LogP contribution in [0.2, 0.25) is 0 Å². The maximum Gasteiger partial charge on any atom is 0.414 e. The molecule has 0 bridgehead atoms. The highest BCUT2D eigenvalue weighted by atomic mass is 19.1. The second-order valence-corrected chi connectivity index (χ2v) is 6.82. The van der Waals surface area contributed by atoms with Crippen LogP contribution in [-0.2, 0) is 14.3 Å². The van der Waals surface area contributed by atoms with Gasteiger partial charge >= 0.3 is 6.08 Å². The number of aromatic nitrogens is 2. The van der Waals surface area contributed by atoms with Crippen LogP contribution in [0.4, 0.5) is 4.39 Å². The molecule has 0 unspecified atom stereocenters. The van der Waals surface area contributed by atoms with E-state index in [4.69, 9.17) is 23.4 Å². The highest BCUT2D eigenvalue weighted by Crippen LogP contribution is 2.28. The van der Waals surface area contributed by atoms with E-state index < -0.39 is 0 Å². The van der Waals surface area contributed by atoms with Gasteiger partial charge in [-0.05, 0) is 38.3 Å². The Kier molecular flexibility index (Phi) is 7.97. The number of halogens is 1. The number of amides is 1. The Labute approximate surface area is 173 Å². The van der Waals surface area contributed by atoms with Crippen molar-refractivity contribution in [1.82, 2.24) is 15.5 Å². The number of aryl methyl sites for hydroxylation is 1. The van der Waals surface area contributed by atoms with Gasteiger partial charge in [-0.25, -0.2) is 4.39 Å². The van der Waals surface area contributed by atoms with Gasteiger partial charge in [0.2, 0.25) is 5.89 Å². The summed E-state index contributed by atoms with van der Waals surface area (Å²) in [5.41, 5.74) is 0.520. The van der Waals surface area contributed by atoms with E-state index in [9.17, 15) is 9.18 Å². The number of hydrogen-bond donors (Lipinski definition) is 1. The molecule has 1 amide bonds. The van der Waals surface area contributed by atoms with Crippen molar-refractivity contribution in [2.24, 2.45) is 0 Å². The molecule has 30 heavy (non-hydrogen) atoms. The lowest BCUT2D eigenvalue weighted by molar-refractivity contribution is -0.125. The van der Waals surface area contributed by atoms with Gasteiger partial charge in [0.25, 0.3) is 5.91 Å². The third kappa shape index (κ3) is 6.39. The first-order valence-corrected chi connectivity index (χ1v) is 9.89. The van der Waals surface area contributed by atoms with E-state index in [1.165, 1.54) is 6.07 Å². The lowest BCUT2D eigenvalue weighted by Gasteiger charge is -2.27. The molecule has 0 aliphatic carbocycles. The molecule has 0 saturated carbocycles. The Morgan fingerprint density at radius 1 is 1.27 bits per heavy atom. The summed E-state index contributed by atoms with van der Waals surface area (Å²) in [4.78, 5) is 12.1. The molecule has 1 aromatic heterocycles. The molecule has 3 rings (SSSR count). The summed E-state index contributed by atoms with van der Waals surface area (Å²) in [6.45, 7) is 5.05. The van der Waals surface area contributed by atoms with Crippen molar-refractivity contribution in [2.75, 3.05) is 33.0 Å². The summed E-state index contributed by atoms with van der Waals surface area (Å²) in [5.74, 6) is -0.0193. The number of hydrogen-bond acceptors (Lipinski definition) is 8. The van der Waals surface area contributed by atoms with Crippen LogP contribution in [0, 0.1) is 12.7 Å². The van der Waals surface area contributed by atoms with Crippen LogP contribution in [0.1, 0.15) is 37.3 Å². The molecule has 1 fully saturated rings.